The molecular weight excluding hydrogens is 503 g/mol. The largest absolute Gasteiger partial charge is 0.417 e. The molecule has 0 amide bonds. The third-order valence-corrected chi connectivity index (χ3v) is 12.9. The minimum atomic E-state index is -4.59. The van der Waals surface area contributed by atoms with Crippen LogP contribution in [0.1, 0.15) is 117 Å². The molecule has 0 heterocycles. The molecule has 5 saturated carbocycles. The normalized spacial score (nSPS) is 45.9. The van der Waals surface area contributed by atoms with Crippen LogP contribution in [-0.4, -0.2) is 23.2 Å². The zero-order chi connectivity index (χ0) is 27.6. The van der Waals surface area contributed by atoms with Crippen molar-refractivity contribution in [1.82, 2.24) is 0 Å². The van der Waals surface area contributed by atoms with Gasteiger partial charge in [-0.3, -0.25) is 0 Å². The molecule has 38 heavy (non-hydrogen) atoms. The first kappa shape index (κ1) is 28.4. The summed E-state index contributed by atoms with van der Waals surface area (Å²) in [6.07, 6.45) is 3.70. The number of nitroso groups, excluding NO2 is 2. The van der Waals surface area contributed by atoms with E-state index in [9.17, 15) is 31.8 Å². The molecule has 0 aromatic rings. The fourth-order valence-electron chi connectivity index (χ4n) is 10.4. The van der Waals surface area contributed by atoms with E-state index < -0.39 is 23.2 Å². The van der Waals surface area contributed by atoms with Crippen LogP contribution in [0.5, 0.6) is 0 Å². The molecule has 0 radical (unpaired) electrons. The number of alkyl halides is 5. The minimum Gasteiger partial charge on any atom is -0.207 e. The van der Waals surface area contributed by atoms with Crippen LogP contribution in [0, 0.1) is 50.2 Å². The SMILES string of the molecule is CC12CCC3C(CCC4C[C@](N=O)(C(F)(F)F)CCC43C)C1CCC2CCCC1(N=O)CCC(F)(F)CC1. The molecule has 0 bridgehead atoms. The highest BCUT2D eigenvalue weighted by atomic mass is 19.4. The summed E-state index contributed by atoms with van der Waals surface area (Å²) in [5.41, 5.74) is -3.25. The van der Waals surface area contributed by atoms with Crippen molar-refractivity contribution < 1.29 is 22.0 Å². The monoisotopic (exact) mass is 546 g/mol. The van der Waals surface area contributed by atoms with Crippen molar-refractivity contribution in [3.8, 4) is 0 Å². The highest BCUT2D eigenvalue weighted by Gasteiger charge is 2.66. The van der Waals surface area contributed by atoms with Gasteiger partial charge in [-0.1, -0.05) is 30.6 Å². The van der Waals surface area contributed by atoms with E-state index in [1.807, 2.05) is 0 Å². The van der Waals surface area contributed by atoms with Crippen LogP contribution < -0.4 is 0 Å². The van der Waals surface area contributed by atoms with E-state index in [1.165, 1.54) is 0 Å². The van der Waals surface area contributed by atoms with Crippen LogP contribution in [-0.2, 0) is 0 Å². The Balaban J connectivity index is 1.23. The fraction of sp³-hybridized carbons (Fsp3) is 1.00. The zero-order valence-electron chi connectivity index (χ0n) is 22.8. The molecule has 0 N–H and O–H groups in total. The number of hydrogen-bond acceptors (Lipinski definition) is 4. The predicted molar refractivity (Wildman–Crippen MR) is 136 cm³/mol. The predicted octanol–water partition coefficient (Wildman–Crippen LogP) is 9.60. The molecular formula is C29H43F5N2O2. The average molecular weight is 547 g/mol. The summed E-state index contributed by atoms with van der Waals surface area (Å²) >= 11 is 0. The number of rotatable bonds is 6. The molecule has 5 aliphatic carbocycles. The Morgan fingerprint density at radius 3 is 2.08 bits per heavy atom. The lowest BCUT2D eigenvalue weighted by Gasteiger charge is -2.62. The maximum absolute atomic E-state index is 13.8. The summed E-state index contributed by atoms with van der Waals surface area (Å²) < 4.78 is 68.8. The van der Waals surface area contributed by atoms with Crippen LogP contribution in [0.2, 0.25) is 0 Å². The summed E-state index contributed by atoms with van der Waals surface area (Å²) in [7, 11) is 0. The highest BCUT2D eigenvalue weighted by Crippen LogP contribution is 2.69. The number of fused-ring (bicyclic) bond motifs is 5. The van der Waals surface area contributed by atoms with E-state index >= 15 is 0 Å². The smallest absolute Gasteiger partial charge is 0.207 e. The molecule has 0 aromatic heterocycles. The lowest BCUT2D eigenvalue weighted by atomic mass is 9.43. The van der Waals surface area contributed by atoms with Gasteiger partial charge in [0.15, 0.2) is 5.54 Å². The zero-order valence-corrected chi connectivity index (χ0v) is 22.8. The van der Waals surface area contributed by atoms with Crippen LogP contribution in [0.4, 0.5) is 22.0 Å². The van der Waals surface area contributed by atoms with Gasteiger partial charge in [-0.2, -0.15) is 18.1 Å². The van der Waals surface area contributed by atoms with Gasteiger partial charge in [0.25, 0.3) is 0 Å². The third-order valence-electron chi connectivity index (χ3n) is 12.9. The van der Waals surface area contributed by atoms with Gasteiger partial charge in [0.2, 0.25) is 5.92 Å². The Kier molecular flexibility index (Phi) is 7.06. The first-order valence-corrected chi connectivity index (χ1v) is 14.9. The van der Waals surface area contributed by atoms with Crippen LogP contribution in [0.3, 0.4) is 0 Å². The first-order chi connectivity index (χ1) is 17.7. The van der Waals surface area contributed by atoms with Gasteiger partial charge >= 0.3 is 6.18 Å². The topological polar surface area (TPSA) is 58.9 Å². The van der Waals surface area contributed by atoms with Crippen molar-refractivity contribution >= 4 is 0 Å². The third kappa shape index (κ3) is 4.44. The second-order valence-electron chi connectivity index (χ2n) is 14.4. The molecule has 4 nitrogen and oxygen atoms in total. The maximum Gasteiger partial charge on any atom is 0.417 e. The summed E-state index contributed by atoms with van der Waals surface area (Å²) in [6.45, 7) is 4.59. The van der Waals surface area contributed by atoms with E-state index in [-0.39, 0.29) is 55.3 Å². The lowest BCUT2D eigenvalue weighted by Crippen LogP contribution is -2.58. The Labute approximate surface area is 222 Å². The number of hydrogen-bond donors (Lipinski definition) is 0. The molecule has 5 rings (SSSR count). The van der Waals surface area contributed by atoms with E-state index in [2.05, 4.69) is 24.2 Å². The van der Waals surface area contributed by atoms with Gasteiger partial charge < -0.3 is 0 Å². The van der Waals surface area contributed by atoms with Crippen molar-refractivity contribution in [3.05, 3.63) is 9.81 Å². The van der Waals surface area contributed by atoms with Crippen molar-refractivity contribution in [2.24, 2.45) is 50.8 Å². The van der Waals surface area contributed by atoms with Gasteiger partial charge in [-0.15, -0.1) is 4.91 Å². The highest BCUT2D eigenvalue weighted by molar-refractivity contribution is 5.13. The molecule has 8 atom stereocenters. The molecule has 5 fully saturated rings. The van der Waals surface area contributed by atoms with E-state index in [1.54, 1.807) is 0 Å². The van der Waals surface area contributed by atoms with Gasteiger partial charge in [0.1, 0.15) is 5.54 Å². The quantitative estimate of drug-likeness (QED) is 0.246. The van der Waals surface area contributed by atoms with E-state index in [0.29, 0.717) is 36.5 Å². The standard InChI is InChI=1S/C29H43F5N2O2/c1-24-11-9-23-21(7-5-20-18-27(36-38,29(32,33)34)15-12-25(20,23)2)22(24)8-6-19(24)4-3-10-26(35-37)13-16-28(30,31)17-14-26/h19-23H,3-18H2,1-2H3/t19?,20?,21?,22?,23?,24?,25?,27-/m0/s1. The van der Waals surface area contributed by atoms with Crippen LogP contribution in [0.15, 0.2) is 10.4 Å². The Morgan fingerprint density at radius 1 is 0.763 bits per heavy atom. The minimum absolute atomic E-state index is 0.117. The van der Waals surface area contributed by atoms with Crippen molar-refractivity contribution in [1.29, 1.82) is 0 Å². The Bertz CT molecular complexity index is 917. The summed E-state index contributed by atoms with van der Waals surface area (Å²) in [4.78, 5) is 23.1. The van der Waals surface area contributed by atoms with Crippen LogP contribution in [0.25, 0.3) is 0 Å². The van der Waals surface area contributed by atoms with E-state index in [4.69, 9.17) is 0 Å². The second-order valence-corrected chi connectivity index (χ2v) is 14.4. The first-order valence-electron chi connectivity index (χ1n) is 14.9. The molecule has 9 heteroatoms. The molecule has 0 aromatic carbocycles. The number of halogens is 5. The van der Waals surface area contributed by atoms with Gasteiger partial charge in [0.05, 0.1) is 0 Å². The van der Waals surface area contributed by atoms with E-state index in [0.717, 1.165) is 51.4 Å². The fourth-order valence-corrected chi connectivity index (χ4v) is 10.4. The summed E-state index contributed by atoms with van der Waals surface area (Å²) in [6, 6.07) is 0. The Hall–Kier alpha value is -1.15. The van der Waals surface area contributed by atoms with Crippen LogP contribution >= 0.6 is 0 Å². The van der Waals surface area contributed by atoms with Gasteiger partial charge in [-0.05, 0) is 124 Å². The van der Waals surface area contributed by atoms with Gasteiger partial charge in [-0.25, -0.2) is 8.78 Å². The lowest BCUT2D eigenvalue weighted by molar-refractivity contribution is -0.218. The van der Waals surface area contributed by atoms with Crippen molar-refractivity contribution in [2.75, 3.05) is 0 Å². The molecule has 5 aliphatic rings. The summed E-state index contributed by atoms with van der Waals surface area (Å²) in [5.74, 6) is -0.822. The molecule has 216 valence electrons. The van der Waals surface area contributed by atoms with Crippen molar-refractivity contribution in [3.63, 3.8) is 0 Å². The Morgan fingerprint density at radius 2 is 1.45 bits per heavy atom. The second kappa shape index (κ2) is 9.46. The number of nitrogens with zero attached hydrogens (tertiary/aromatic N) is 2. The average Bonchev–Trinajstić information content (AvgIpc) is 3.20. The van der Waals surface area contributed by atoms with Crippen molar-refractivity contribution in [2.45, 2.75) is 140 Å². The molecule has 0 aliphatic heterocycles. The maximum atomic E-state index is 13.8. The molecule has 0 saturated heterocycles. The molecule has 0 spiro atoms. The molecule has 7 unspecified atom stereocenters. The van der Waals surface area contributed by atoms with Gasteiger partial charge in [0, 0.05) is 12.8 Å². The summed E-state index contributed by atoms with van der Waals surface area (Å²) in [5, 5.41) is 6.05.